The normalized spacial score (nSPS) is 55.5. The summed E-state index contributed by atoms with van der Waals surface area (Å²) in [5, 5.41) is 0. The maximum Gasteiger partial charge on any atom is 0.223 e. The van der Waals surface area contributed by atoms with Gasteiger partial charge < -0.3 is 10.5 Å². The fourth-order valence-corrected chi connectivity index (χ4v) is 11.4. The van der Waals surface area contributed by atoms with E-state index >= 15 is 0 Å². The molecule has 5 aliphatic rings. The van der Waals surface area contributed by atoms with E-state index in [1.165, 1.54) is 57.8 Å². The molecule has 1 amide bonds. The molecule has 0 aromatic rings. The van der Waals surface area contributed by atoms with Gasteiger partial charge in [-0.15, -0.1) is 0 Å². The third-order valence-electron chi connectivity index (χ3n) is 13.1. The average molecular weight is 430 g/mol. The quantitative estimate of drug-likeness (QED) is 0.556. The van der Waals surface area contributed by atoms with Gasteiger partial charge in [0.2, 0.25) is 5.91 Å². The van der Waals surface area contributed by atoms with Crippen LogP contribution in [0.4, 0.5) is 0 Å². The SMILES string of the molecule is COC1CCC2(C)C(CCC3(C)C2CCC2C4CCCC4(C(N)=O)CC[C@]23C)C1(C)C. The minimum absolute atomic E-state index is 0.0136. The highest BCUT2D eigenvalue weighted by Gasteiger charge is 2.70. The second-order valence-corrected chi connectivity index (χ2v) is 13.8. The first-order valence-electron chi connectivity index (χ1n) is 13.3. The third kappa shape index (κ3) is 2.54. The Morgan fingerprint density at radius 3 is 2.19 bits per heavy atom. The van der Waals surface area contributed by atoms with Crippen LogP contribution in [0.5, 0.6) is 0 Å². The number of nitrogens with two attached hydrogens (primary N) is 1. The van der Waals surface area contributed by atoms with Crippen molar-refractivity contribution >= 4 is 5.91 Å². The maximum atomic E-state index is 12.7. The Hall–Kier alpha value is -0.570. The highest BCUT2D eigenvalue weighted by Crippen LogP contribution is 2.76. The molecule has 5 aliphatic carbocycles. The highest BCUT2D eigenvalue weighted by molar-refractivity contribution is 5.81. The van der Waals surface area contributed by atoms with Gasteiger partial charge in [-0.1, -0.05) is 41.0 Å². The number of methoxy groups -OCH3 is 1. The molecule has 5 rings (SSSR count). The zero-order valence-corrected chi connectivity index (χ0v) is 21.1. The number of hydrogen-bond acceptors (Lipinski definition) is 2. The van der Waals surface area contributed by atoms with E-state index in [2.05, 4.69) is 34.6 Å². The second-order valence-electron chi connectivity index (χ2n) is 13.8. The van der Waals surface area contributed by atoms with Crippen LogP contribution in [0.3, 0.4) is 0 Å². The van der Waals surface area contributed by atoms with Crippen LogP contribution in [-0.2, 0) is 9.53 Å². The molecule has 0 aromatic carbocycles. The smallest absolute Gasteiger partial charge is 0.223 e. The highest BCUT2D eigenvalue weighted by atomic mass is 16.5. The van der Waals surface area contributed by atoms with Crippen molar-refractivity contribution in [2.45, 2.75) is 111 Å². The van der Waals surface area contributed by atoms with Crippen LogP contribution in [0.1, 0.15) is 105 Å². The standard InChI is InChI=1S/C28H47NO2/c1-24(2)20-11-15-27(5)21(25(20,3)14-12-22(24)31-6)10-9-18-19-8-7-13-28(19,23(29)30)17-16-26(18,27)4/h18-22H,7-17H2,1-6H3,(H2,29,30)/t18?,19?,20?,21?,22?,25?,26-,27?,28?/m1/s1. The van der Waals surface area contributed by atoms with Gasteiger partial charge in [0.1, 0.15) is 0 Å². The molecule has 176 valence electrons. The largest absolute Gasteiger partial charge is 0.381 e. The molecule has 3 nitrogen and oxygen atoms in total. The number of ether oxygens (including phenoxy) is 1. The summed E-state index contributed by atoms with van der Waals surface area (Å²) in [7, 11) is 1.92. The van der Waals surface area contributed by atoms with Gasteiger partial charge in [-0.2, -0.15) is 0 Å². The molecule has 5 fully saturated rings. The van der Waals surface area contributed by atoms with Crippen molar-refractivity contribution in [3.63, 3.8) is 0 Å². The van der Waals surface area contributed by atoms with Gasteiger partial charge in [0.15, 0.2) is 0 Å². The molecule has 31 heavy (non-hydrogen) atoms. The van der Waals surface area contributed by atoms with Gasteiger partial charge in [0.05, 0.1) is 11.5 Å². The van der Waals surface area contributed by atoms with E-state index in [0.717, 1.165) is 24.7 Å². The van der Waals surface area contributed by atoms with Crippen LogP contribution in [0.15, 0.2) is 0 Å². The van der Waals surface area contributed by atoms with Crippen molar-refractivity contribution < 1.29 is 9.53 Å². The summed E-state index contributed by atoms with van der Waals surface area (Å²) in [4.78, 5) is 12.7. The van der Waals surface area contributed by atoms with Crippen molar-refractivity contribution in [1.82, 2.24) is 0 Å². The Morgan fingerprint density at radius 2 is 1.52 bits per heavy atom. The van der Waals surface area contributed by atoms with Crippen molar-refractivity contribution in [2.75, 3.05) is 7.11 Å². The van der Waals surface area contributed by atoms with Crippen molar-refractivity contribution in [3.8, 4) is 0 Å². The fraction of sp³-hybridized carbons (Fsp3) is 0.964. The van der Waals surface area contributed by atoms with E-state index in [1.54, 1.807) is 0 Å². The lowest BCUT2D eigenvalue weighted by molar-refractivity contribution is -0.246. The Morgan fingerprint density at radius 1 is 0.774 bits per heavy atom. The molecular weight excluding hydrogens is 382 g/mol. The third-order valence-corrected chi connectivity index (χ3v) is 13.1. The second kappa shape index (κ2) is 6.73. The zero-order chi connectivity index (χ0) is 22.4. The monoisotopic (exact) mass is 429 g/mol. The Balaban J connectivity index is 1.52. The van der Waals surface area contributed by atoms with Crippen molar-refractivity contribution in [3.05, 3.63) is 0 Å². The number of carbonyl (C=O) groups is 1. The summed E-state index contributed by atoms with van der Waals surface area (Å²) < 4.78 is 6.00. The summed E-state index contributed by atoms with van der Waals surface area (Å²) in [6.45, 7) is 12.9. The summed E-state index contributed by atoms with van der Waals surface area (Å²) in [5.41, 5.74) is 7.28. The Kier molecular flexibility index (Phi) is 4.83. The molecule has 5 saturated carbocycles. The molecule has 0 spiro atoms. The molecule has 0 radical (unpaired) electrons. The van der Waals surface area contributed by atoms with Crippen LogP contribution in [-0.4, -0.2) is 19.1 Å². The lowest BCUT2D eigenvalue weighted by Gasteiger charge is -2.72. The number of carbonyl (C=O) groups excluding carboxylic acids is 1. The van der Waals surface area contributed by atoms with Crippen molar-refractivity contribution in [2.24, 2.45) is 56.5 Å². The minimum Gasteiger partial charge on any atom is -0.381 e. The first-order chi connectivity index (χ1) is 14.5. The fourth-order valence-electron chi connectivity index (χ4n) is 11.4. The van der Waals surface area contributed by atoms with E-state index in [-0.39, 0.29) is 16.7 Å². The molecule has 3 heteroatoms. The van der Waals surface area contributed by atoms with Gasteiger partial charge >= 0.3 is 0 Å². The van der Waals surface area contributed by atoms with E-state index in [9.17, 15) is 4.79 Å². The van der Waals surface area contributed by atoms with Crippen LogP contribution in [0.2, 0.25) is 0 Å². The summed E-state index contributed by atoms with van der Waals surface area (Å²) >= 11 is 0. The van der Waals surface area contributed by atoms with Gasteiger partial charge in [-0.25, -0.2) is 0 Å². The average Bonchev–Trinajstić information content (AvgIpc) is 3.14. The van der Waals surface area contributed by atoms with Gasteiger partial charge in [-0.05, 0) is 110 Å². The van der Waals surface area contributed by atoms with Crippen molar-refractivity contribution in [1.29, 1.82) is 0 Å². The van der Waals surface area contributed by atoms with Gasteiger partial charge in [0, 0.05) is 7.11 Å². The maximum absolute atomic E-state index is 12.7. The van der Waals surface area contributed by atoms with Crippen LogP contribution < -0.4 is 5.73 Å². The number of hydrogen-bond donors (Lipinski definition) is 1. The first kappa shape index (κ1) is 22.2. The van der Waals surface area contributed by atoms with Gasteiger partial charge in [-0.3, -0.25) is 4.79 Å². The lowest BCUT2D eigenvalue weighted by Crippen LogP contribution is -2.67. The zero-order valence-electron chi connectivity index (χ0n) is 21.1. The number of fused-ring (bicyclic) bond motifs is 7. The van der Waals surface area contributed by atoms with E-state index < -0.39 is 0 Å². The predicted octanol–water partition coefficient (Wildman–Crippen LogP) is 6.34. The molecule has 9 atom stereocenters. The molecule has 0 aromatic heterocycles. The molecule has 8 unspecified atom stereocenters. The molecule has 0 aliphatic heterocycles. The van der Waals surface area contributed by atoms with E-state index in [1.807, 2.05) is 7.11 Å². The van der Waals surface area contributed by atoms with Crippen LogP contribution >= 0.6 is 0 Å². The van der Waals surface area contributed by atoms with Crippen LogP contribution in [0.25, 0.3) is 0 Å². The molecule has 0 saturated heterocycles. The first-order valence-corrected chi connectivity index (χ1v) is 13.3. The van der Waals surface area contributed by atoms with Gasteiger partial charge in [0.25, 0.3) is 0 Å². The molecule has 0 heterocycles. The van der Waals surface area contributed by atoms with E-state index in [0.29, 0.717) is 34.2 Å². The number of rotatable bonds is 2. The van der Waals surface area contributed by atoms with E-state index in [4.69, 9.17) is 10.5 Å². The number of primary amides is 1. The number of amides is 1. The topological polar surface area (TPSA) is 52.3 Å². The predicted molar refractivity (Wildman–Crippen MR) is 125 cm³/mol. The summed E-state index contributed by atoms with van der Waals surface area (Å²) in [5.74, 6) is 2.77. The molecule has 0 bridgehead atoms. The molecule has 2 N–H and O–H groups in total. The Bertz CT molecular complexity index is 762. The minimum atomic E-state index is -0.188. The van der Waals surface area contributed by atoms with Crippen LogP contribution in [0, 0.1) is 50.7 Å². The summed E-state index contributed by atoms with van der Waals surface area (Å²) in [6, 6.07) is 0. The lowest BCUT2D eigenvalue weighted by atomic mass is 9.32. The summed E-state index contributed by atoms with van der Waals surface area (Å²) in [6.07, 6.45) is 14.0. The Labute approximate surface area is 190 Å². The molecular formula is C28H47NO2.